The Morgan fingerprint density at radius 1 is 1.11 bits per heavy atom. The Morgan fingerprint density at radius 3 is 2.67 bits per heavy atom. The van der Waals surface area contributed by atoms with E-state index in [1.807, 2.05) is 11.8 Å². The van der Waals surface area contributed by atoms with Crippen LogP contribution in [-0.4, -0.2) is 18.3 Å². The van der Waals surface area contributed by atoms with E-state index in [4.69, 9.17) is 0 Å². The summed E-state index contributed by atoms with van der Waals surface area (Å²) in [5.41, 5.74) is 0. The first-order valence-corrected chi connectivity index (χ1v) is 7.53. The molecule has 0 bridgehead atoms. The van der Waals surface area contributed by atoms with Crippen molar-refractivity contribution < 1.29 is 0 Å². The highest BCUT2D eigenvalue weighted by molar-refractivity contribution is 8.00. The van der Waals surface area contributed by atoms with Crippen LogP contribution in [0.3, 0.4) is 0 Å². The summed E-state index contributed by atoms with van der Waals surface area (Å²) in [5, 5.41) is 6.73. The lowest BCUT2D eigenvalue weighted by atomic mass is 10.1. The fourth-order valence-electron chi connectivity index (χ4n) is 2.00. The van der Waals surface area contributed by atoms with E-state index in [2.05, 4.69) is 61.6 Å². The van der Waals surface area contributed by atoms with Crippen molar-refractivity contribution in [2.45, 2.75) is 30.4 Å². The van der Waals surface area contributed by atoms with Gasteiger partial charge in [0, 0.05) is 16.7 Å². The summed E-state index contributed by atoms with van der Waals surface area (Å²) in [7, 11) is 0. The highest BCUT2D eigenvalue weighted by Gasteiger charge is 2.04. The predicted octanol–water partition coefficient (Wildman–Crippen LogP) is 4.32. The lowest BCUT2D eigenvalue weighted by molar-refractivity contribution is 0.669. The Balaban J connectivity index is 1.98. The molecule has 0 heterocycles. The van der Waals surface area contributed by atoms with Crippen molar-refractivity contribution in [1.29, 1.82) is 0 Å². The van der Waals surface area contributed by atoms with E-state index in [9.17, 15) is 0 Å². The van der Waals surface area contributed by atoms with Gasteiger partial charge in [-0.1, -0.05) is 44.2 Å². The van der Waals surface area contributed by atoms with Gasteiger partial charge in [-0.25, -0.2) is 0 Å². The average molecular weight is 259 g/mol. The third-order valence-electron chi connectivity index (χ3n) is 2.92. The second-order valence-electron chi connectivity index (χ2n) is 4.64. The first-order chi connectivity index (χ1) is 8.79. The van der Waals surface area contributed by atoms with Crippen molar-refractivity contribution in [3.8, 4) is 0 Å². The molecule has 0 fully saturated rings. The standard InChI is InChI=1S/C16H21NS/c1-3-10-17-12-13(2)18-16-9-8-14-6-4-5-7-15(14)11-16/h4-9,11,13,17H,3,10,12H2,1-2H3. The average Bonchev–Trinajstić information content (AvgIpc) is 2.39. The highest BCUT2D eigenvalue weighted by Crippen LogP contribution is 2.26. The molecular weight excluding hydrogens is 238 g/mol. The van der Waals surface area contributed by atoms with Crippen molar-refractivity contribution >= 4 is 22.5 Å². The van der Waals surface area contributed by atoms with Crippen molar-refractivity contribution in [3.05, 3.63) is 42.5 Å². The van der Waals surface area contributed by atoms with Gasteiger partial charge in [0.15, 0.2) is 0 Å². The summed E-state index contributed by atoms with van der Waals surface area (Å²) in [6, 6.07) is 15.3. The van der Waals surface area contributed by atoms with Crippen LogP contribution < -0.4 is 5.32 Å². The van der Waals surface area contributed by atoms with Gasteiger partial charge in [0.2, 0.25) is 0 Å². The largest absolute Gasteiger partial charge is 0.316 e. The first-order valence-electron chi connectivity index (χ1n) is 6.66. The van der Waals surface area contributed by atoms with Gasteiger partial charge in [0.25, 0.3) is 0 Å². The Morgan fingerprint density at radius 2 is 1.89 bits per heavy atom. The molecule has 0 radical (unpaired) electrons. The molecule has 0 aliphatic carbocycles. The van der Waals surface area contributed by atoms with Crippen LogP contribution in [0.4, 0.5) is 0 Å². The molecule has 0 aliphatic rings. The molecule has 0 spiro atoms. The molecule has 0 aromatic heterocycles. The number of hydrogen-bond acceptors (Lipinski definition) is 2. The van der Waals surface area contributed by atoms with E-state index in [0.717, 1.165) is 13.1 Å². The highest BCUT2D eigenvalue weighted by atomic mass is 32.2. The number of rotatable bonds is 6. The van der Waals surface area contributed by atoms with Crippen molar-refractivity contribution in [1.82, 2.24) is 5.32 Å². The second kappa shape index (κ2) is 6.81. The molecule has 18 heavy (non-hydrogen) atoms. The number of benzene rings is 2. The third-order valence-corrected chi connectivity index (χ3v) is 4.01. The van der Waals surface area contributed by atoms with Crippen LogP contribution in [-0.2, 0) is 0 Å². The lowest BCUT2D eigenvalue weighted by Crippen LogP contribution is -2.23. The fraction of sp³-hybridized carbons (Fsp3) is 0.375. The summed E-state index contributed by atoms with van der Waals surface area (Å²) >= 11 is 1.95. The van der Waals surface area contributed by atoms with E-state index in [-0.39, 0.29) is 0 Å². The van der Waals surface area contributed by atoms with Crippen LogP contribution in [0.5, 0.6) is 0 Å². The van der Waals surface area contributed by atoms with Crippen LogP contribution >= 0.6 is 11.8 Å². The van der Waals surface area contributed by atoms with Crippen LogP contribution in [0.15, 0.2) is 47.4 Å². The van der Waals surface area contributed by atoms with E-state index in [1.165, 1.54) is 22.1 Å². The monoisotopic (exact) mass is 259 g/mol. The topological polar surface area (TPSA) is 12.0 Å². The van der Waals surface area contributed by atoms with E-state index in [1.54, 1.807) is 0 Å². The molecule has 2 heteroatoms. The molecule has 2 rings (SSSR count). The van der Waals surface area contributed by atoms with Crippen LogP contribution in [0.1, 0.15) is 20.3 Å². The second-order valence-corrected chi connectivity index (χ2v) is 6.15. The molecule has 1 unspecified atom stereocenters. The van der Waals surface area contributed by atoms with Gasteiger partial charge < -0.3 is 5.32 Å². The molecule has 1 N–H and O–H groups in total. The number of fused-ring (bicyclic) bond motifs is 1. The minimum Gasteiger partial charge on any atom is -0.316 e. The molecule has 2 aromatic rings. The normalized spacial score (nSPS) is 12.8. The zero-order valence-electron chi connectivity index (χ0n) is 11.1. The van der Waals surface area contributed by atoms with Crippen LogP contribution in [0.25, 0.3) is 10.8 Å². The van der Waals surface area contributed by atoms with Crippen molar-refractivity contribution in [2.24, 2.45) is 0 Å². The lowest BCUT2D eigenvalue weighted by Gasteiger charge is -2.12. The summed E-state index contributed by atoms with van der Waals surface area (Å²) in [4.78, 5) is 1.36. The minimum absolute atomic E-state index is 0.609. The Bertz CT molecular complexity index is 495. The molecule has 0 saturated carbocycles. The molecule has 1 nitrogen and oxygen atoms in total. The minimum atomic E-state index is 0.609. The summed E-state index contributed by atoms with van der Waals surface area (Å²) < 4.78 is 0. The summed E-state index contributed by atoms with van der Waals surface area (Å²) in [6.07, 6.45) is 1.20. The van der Waals surface area contributed by atoms with E-state index < -0.39 is 0 Å². The molecule has 0 saturated heterocycles. The zero-order chi connectivity index (χ0) is 12.8. The molecular formula is C16H21NS. The maximum atomic E-state index is 3.47. The van der Waals surface area contributed by atoms with Gasteiger partial charge in [0.1, 0.15) is 0 Å². The van der Waals surface area contributed by atoms with Gasteiger partial charge in [0.05, 0.1) is 0 Å². The quantitative estimate of drug-likeness (QED) is 0.612. The van der Waals surface area contributed by atoms with Crippen LogP contribution in [0, 0.1) is 0 Å². The molecule has 0 amide bonds. The molecule has 96 valence electrons. The number of thioether (sulfide) groups is 1. The SMILES string of the molecule is CCCNCC(C)Sc1ccc2ccccc2c1. The number of hydrogen-bond donors (Lipinski definition) is 1. The summed E-state index contributed by atoms with van der Waals surface area (Å²) in [6.45, 7) is 6.67. The molecule has 1 atom stereocenters. The Labute approximate surface area is 114 Å². The third kappa shape index (κ3) is 3.76. The molecule has 0 aliphatic heterocycles. The smallest absolute Gasteiger partial charge is 0.0191 e. The van der Waals surface area contributed by atoms with Gasteiger partial charge in [-0.3, -0.25) is 0 Å². The fourth-order valence-corrected chi connectivity index (χ4v) is 3.00. The Hall–Kier alpha value is -0.990. The predicted molar refractivity (Wildman–Crippen MR) is 82.4 cm³/mol. The first kappa shape index (κ1) is 13.4. The number of nitrogens with one attached hydrogen (secondary N) is 1. The van der Waals surface area contributed by atoms with Gasteiger partial charge in [-0.05, 0) is 35.9 Å². The van der Waals surface area contributed by atoms with Crippen molar-refractivity contribution in [2.75, 3.05) is 13.1 Å². The summed E-state index contributed by atoms with van der Waals surface area (Å²) in [5.74, 6) is 0. The molecule has 2 aromatic carbocycles. The van der Waals surface area contributed by atoms with Gasteiger partial charge in [-0.15, -0.1) is 11.8 Å². The maximum Gasteiger partial charge on any atom is 0.0191 e. The van der Waals surface area contributed by atoms with E-state index in [0.29, 0.717) is 5.25 Å². The zero-order valence-corrected chi connectivity index (χ0v) is 12.0. The van der Waals surface area contributed by atoms with Crippen molar-refractivity contribution in [3.63, 3.8) is 0 Å². The van der Waals surface area contributed by atoms with E-state index >= 15 is 0 Å². The van der Waals surface area contributed by atoms with Gasteiger partial charge in [-0.2, -0.15) is 0 Å². The van der Waals surface area contributed by atoms with Crippen LogP contribution in [0.2, 0.25) is 0 Å². The Kier molecular flexibility index (Phi) is 5.09. The van der Waals surface area contributed by atoms with Gasteiger partial charge >= 0.3 is 0 Å². The maximum absolute atomic E-state index is 3.47.